The Hall–Kier alpha value is -2.63. The van der Waals surface area contributed by atoms with Crippen molar-refractivity contribution < 1.29 is 9.53 Å². The van der Waals surface area contributed by atoms with Crippen molar-refractivity contribution in [1.29, 1.82) is 0 Å². The fraction of sp³-hybridized carbons (Fsp3) is 0.261. The molecule has 1 aliphatic heterocycles. The van der Waals surface area contributed by atoms with Crippen molar-refractivity contribution >= 4 is 17.2 Å². The van der Waals surface area contributed by atoms with Gasteiger partial charge in [0.25, 0.3) is 5.91 Å². The first-order valence-electron chi connectivity index (χ1n) is 9.51. The van der Waals surface area contributed by atoms with E-state index in [0.717, 1.165) is 19.5 Å². The zero-order chi connectivity index (χ0) is 19.3. The van der Waals surface area contributed by atoms with Crippen molar-refractivity contribution in [3.05, 3.63) is 87.6 Å². The predicted octanol–water partition coefficient (Wildman–Crippen LogP) is 4.29. The SMILES string of the molecule is COc1ccccc1C(=O)NCC(c1cccs1)N1CCc2ccccc2C1. The quantitative estimate of drug-likeness (QED) is 0.681. The van der Waals surface area contributed by atoms with Gasteiger partial charge >= 0.3 is 0 Å². The summed E-state index contributed by atoms with van der Waals surface area (Å²) in [7, 11) is 1.59. The lowest BCUT2D eigenvalue weighted by Crippen LogP contribution is -2.40. The van der Waals surface area contributed by atoms with Crippen LogP contribution in [-0.2, 0) is 13.0 Å². The second-order valence-electron chi connectivity index (χ2n) is 6.93. The Morgan fingerprint density at radius 2 is 1.89 bits per heavy atom. The van der Waals surface area contributed by atoms with Crippen molar-refractivity contribution in [1.82, 2.24) is 10.2 Å². The Morgan fingerprint density at radius 1 is 1.11 bits per heavy atom. The fourth-order valence-electron chi connectivity index (χ4n) is 3.79. The van der Waals surface area contributed by atoms with Crippen molar-refractivity contribution in [2.45, 2.75) is 19.0 Å². The number of nitrogens with zero attached hydrogens (tertiary/aromatic N) is 1. The summed E-state index contributed by atoms with van der Waals surface area (Å²) < 4.78 is 5.33. The second-order valence-corrected chi connectivity index (χ2v) is 7.91. The molecule has 0 fully saturated rings. The first-order chi connectivity index (χ1) is 13.8. The minimum Gasteiger partial charge on any atom is -0.496 e. The molecule has 3 aromatic rings. The molecule has 1 N–H and O–H groups in total. The molecule has 0 aliphatic carbocycles. The minimum atomic E-state index is -0.101. The van der Waals surface area contributed by atoms with E-state index in [4.69, 9.17) is 4.74 Å². The van der Waals surface area contributed by atoms with E-state index in [1.165, 1.54) is 16.0 Å². The van der Waals surface area contributed by atoms with Crippen LogP contribution in [0.15, 0.2) is 66.0 Å². The molecule has 0 spiro atoms. The van der Waals surface area contributed by atoms with Crippen LogP contribution in [0.4, 0.5) is 0 Å². The predicted molar refractivity (Wildman–Crippen MR) is 113 cm³/mol. The maximum atomic E-state index is 12.8. The molecule has 2 heterocycles. The highest BCUT2D eigenvalue weighted by molar-refractivity contribution is 7.10. The highest BCUT2D eigenvalue weighted by atomic mass is 32.1. The van der Waals surface area contributed by atoms with Gasteiger partial charge in [0.15, 0.2) is 0 Å². The molecule has 1 atom stereocenters. The van der Waals surface area contributed by atoms with Crippen LogP contribution in [0.1, 0.15) is 32.4 Å². The molecule has 1 aliphatic rings. The summed E-state index contributed by atoms with van der Waals surface area (Å²) in [4.78, 5) is 16.5. The zero-order valence-electron chi connectivity index (χ0n) is 15.9. The van der Waals surface area contributed by atoms with E-state index in [0.29, 0.717) is 17.9 Å². The molecule has 4 rings (SSSR count). The molecule has 5 heteroatoms. The number of thiophene rings is 1. The van der Waals surface area contributed by atoms with E-state index in [-0.39, 0.29) is 11.9 Å². The highest BCUT2D eigenvalue weighted by Gasteiger charge is 2.26. The van der Waals surface area contributed by atoms with Crippen LogP contribution in [0.2, 0.25) is 0 Å². The third-order valence-corrected chi connectivity index (χ3v) is 6.25. The number of amides is 1. The normalized spacial score (nSPS) is 14.9. The molecular weight excluding hydrogens is 368 g/mol. The maximum Gasteiger partial charge on any atom is 0.255 e. The summed E-state index contributed by atoms with van der Waals surface area (Å²) >= 11 is 1.74. The summed E-state index contributed by atoms with van der Waals surface area (Å²) in [5, 5.41) is 5.23. The van der Waals surface area contributed by atoms with Gasteiger partial charge in [-0.2, -0.15) is 0 Å². The summed E-state index contributed by atoms with van der Waals surface area (Å²) in [5.41, 5.74) is 3.38. The van der Waals surface area contributed by atoms with Crippen LogP contribution >= 0.6 is 11.3 Å². The van der Waals surface area contributed by atoms with E-state index in [1.54, 1.807) is 24.5 Å². The molecule has 0 radical (unpaired) electrons. The summed E-state index contributed by atoms with van der Waals surface area (Å²) in [5.74, 6) is 0.496. The molecule has 0 bridgehead atoms. The Kier molecular flexibility index (Phi) is 5.74. The third kappa shape index (κ3) is 3.96. The van der Waals surface area contributed by atoms with Crippen LogP contribution in [0.3, 0.4) is 0 Å². The Balaban J connectivity index is 1.51. The van der Waals surface area contributed by atoms with E-state index in [9.17, 15) is 4.79 Å². The van der Waals surface area contributed by atoms with Gasteiger partial charge in [0, 0.05) is 24.5 Å². The number of fused-ring (bicyclic) bond motifs is 1. The molecule has 1 amide bonds. The average molecular weight is 393 g/mol. The molecule has 1 aromatic heterocycles. The minimum absolute atomic E-state index is 0.101. The van der Waals surface area contributed by atoms with Crippen molar-refractivity contribution in [2.75, 3.05) is 20.2 Å². The van der Waals surface area contributed by atoms with Gasteiger partial charge in [-0.25, -0.2) is 0 Å². The van der Waals surface area contributed by atoms with Gasteiger partial charge < -0.3 is 10.1 Å². The van der Waals surface area contributed by atoms with Gasteiger partial charge in [-0.15, -0.1) is 11.3 Å². The lowest BCUT2D eigenvalue weighted by atomic mass is 9.98. The Morgan fingerprint density at radius 3 is 2.68 bits per heavy atom. The molecule has 0 saturated carbocycles. The first-order valence-corrected chi connectivity index (χ1v) is 10.4. The number of hydrogen-bond donors (Lipinski definition) is 1. The number of nitrogens with one attached hydrogen (secondary N) is 1. The average Bonchev–Trinajstić information content (AvgIpc) is 3.28. The first kappa shape index (κ1) is 18.7. The number of rotatable bonds is 6. The number of carbonyl (C=O) groups is 1. The molecule has 2 aromatic carbocycles. The summed E-state index contributed by atoms with van der Waals surface area (Å²) in [6.45, 7) is 2.47. The topological polar surface area (TPSA) is 41.6 Å². The molecule has 1 unspecified atom stereocenters. The molecule has 144 valence electrons. The summed E-state index contributed by atoms with van der Waals surface area (Å²) in [6.07, 6.45) is 1.04. The van der Waals surface area contributed by atoms with Gasteiger partial charge in [-0.3, -0.25) is 9.69 Å². The van der Waals surface area contributed by atoms with Gasteiger partial charge in [0.1, 0.15) is 5.75 Å². The van der Waals surface area contributed by atoms with Crippen LogP contribution in [0, 0.1) is 0 Å². The fourth-order valence-corrected chi connectivity index (χ4v) is 4.65. The van der Waals surface area contributed by atoms with Gasteiger partial charge in [-0.05, 0) is 41.1 Å². The summed E-state index contributed by atoms with van der Waals surface area (Å²) in [6, 6.07) is 20.4. The smallest absolute Gasteiger partial charge is 0.255 e. The van der Waals surface area contributed by atoms with E-state index in [2.05, 4.69) is 52.0 Å². The number of methoxy groups -OCH3 is 1. The number of benzene rings is 2. The molecule has 4 nitrogen and oxygen atoms in total. The van der Waals surface area contributed by atoms with Gasteiger partial charge in [-0.1, -0.05) is 42.5 Å². The second kappa shape index (κ2) is 8.59. The van der Waals surface area contributed by atoms with Crippen LogP contribution in [-0.4, -0.2) is 31.0 Å². The molecule has 0 saturated heterocycles. The standard InChI is InChI=1S/C23H24N2O2S/c1-27-21-10-5-4-9-19(21)23(26)24-15-20(22-11-6-14-28-22)25-13-12-17-7-2-3-8-18(17)16-25/h2-11,14,20H,12-13,15-16H2,1H3,(H,24,26). The van der Waals surface area contributed by atoms with Gasteiger partial charge in [0.05, 0.1) is 18.7 Å². The number of carbonyl (C=O) groups excluding carboxylic acids is 1. The third-order valence-electron chi connectivity index (χ3n) is 5.28. The maximum absolute atomic E-state index is 12.8. The van der Waals surface area contributed by atoms with Crippen LogP contribution in [0.5, 0.6) is 5.75 Å². The van der Waals surface area contributed by atoms with Gasteiger partial charge in [0.2, 0.25) is 0 Å². The van der Waals surface area contributed by atoms with E-state index in [1.807, 2.05) is 18.2 Å². The van der Waals surface area contributed by atoms with Crippen LogP contribution < -0.4 is 10.1 Å². The van der Waals surface area contributed by atoms with E-state index < -0.39 is 0 Å². The Labute approximate surface area is 169 Å². The van der Waals surface area contributed by atoms with Crippen molar-refractivity contribution in [3.63, 3.8) is 0 Å². The van der Waals surface area contributed by atoms with Crippen molar-refractivity contribution in [2.24, 2.45) is 0 Å². The lowest BCUT2D eigenvalue weighted by molar-refractivity contribution is 0.0926. The number of para-hydroxylation sites is 1. The van der Waals surface area contributed by atoms with Crippen molar-refractivity contribution in [3.8, 4) is 5.75 Å². The zero-order valence-corrected chi connectivity index (χ0v) is 16.7. The molecular formula is C23H24N2O2S. The number of hydrogen-bond acceptors (Lipinski definition) is 4. The largest absolute Gasteiger partial charge is 0.496 e. The molecule has 28 heavy (non-hydrogen) atoms. The Bertz CT molecular complexity index is 939. The van der Waals surface area contributed by atoms with Crippen LogP contribution in [0.25, 0.3) is 0 Å². The van der Waals surface area contributed by atoms with E-state index >= 15 is 0 Å². The highest BCUT2D eigenvalue weighted by Crippen LogP contribution is 2.30. The monoisotopic (exact) mass is 392 g/mol. The lowest BCUT2D eigenvalue weighted by Gasteiger charge is -2.35. The number of ether oxygens (including phenoxy) is 1.